The molecule has 3 heteroatoms. The van der Waals surface area contributed by atoms with Crippen molar-refractivity contribution in [2.75, 3.05) is 19.7 Å². The van der Waals surface area contributed by atoms with Crippen LogP contribution in [0.15, 0.2) is 0 Å². The number of likely N-dealkylation sites (tertiary alicyclic amines) is 1. The van der Waals surface area contributed by atoms with E-state index >= 15 is 0 Å². The fraction of sp³-hybridized carbons (Fsp3) is 1.00. The SMILES string of the molecule is CC1COC(C)(C2CCCN(C(C)C)C2)N1. The summed E-state index contributed by atoms with van der Waals surface area (Å²) in [7, 11) is 0. The maximum atomic E-state index is 5.98. The van der Waals surface area contributed by atoms with Gasteiger partial charge in [0.1, 0.15) is 5.72 Å². The Morgan fingerprint density at radius 1 is 1.44 bits per heavy atom. The minimum absolute atomic E-state index is 0.0903. The predicted octanol–water partition coefficient (Wildman–Crippen LogP) is 1.83. The first-order chi connectivity index (χ1) is 7.51. The molecule has 2 saturated heterocycles. The molecule has 0 aromatic carbocycles. The Kier molecular flexibility index (Phi) is 3.57. The van der Waals surface area contributed by atoms with Crippen LogP contribution in [-0.4, -0.2) is 42.4 Å². The van der Waals surface area contributed by atoms with Crippen LogP contribution in [0.4, 0.5) is 0 Å². The molecule has 0 aromatic rings. The third kappa shape index (κ3) is 2.41. The summed E-state index contributed by atoms with van der Waals surface area (Å²) < 4.78 is 5.98. The molecule has 3 nitrogen and oxygen atoms in total. The van der Waals surface area contributed by atoms with Crippen LogP contribution < -0.4 is 5.32 Å². The fourth-order valence-corrected chi connectivity index (χ4v) is 3.03. The quantitative estimate of drug-likeness (QED) is 0.777. The number of piperidine rings is 1. The van der Waals surface area contributed by atoms with E-state index < -0.39 is 0 Å². The van der Waals surface area contributed by atoms with E-state index in [9.17, 15) is 0 Å². The molecule has 2 aliphatic heterocycles. The van der Waals surface area contributed by atoms with Crippen molar-refractivity contribution in [1.29, 1.82) is 0 Å². The number of hydrogen-bond acceptors (Lipinski definition) is 3. The molecule has 2 heterocycles. The van der Waals surface area contributed by atoms with Gasteiger partial charge in [0, 0.05) is 24.5 Å². The van der Waals surface area contributed by atoms with Gasteiger partial charge in [0.15, 0.2) is 0 Å². The zero-order valence-corrected chi connectivity index (χ0v) is 11.1. The second-order valence-corrected chi connectivity index (χ2v) is 5.89. The maximum Gasteiger partial charge on any atom is 0.120 e. The van der Waals surface area contributed by atoms with Crippen LogP contribution in [0.1, 0.15) is 40.5 Å². The first kappa shape index (κ1) is 12.3. The summed E-state index contributed by atoms with van der Waals surface area (Å²) in [5.41, 5.74) is -0.0903. The van der Waals surface area contributed by atoms with E-state index in [0.29, 0.717) is 18.0 Å². The summed E-state index contributed by atoms with van der Waals surface area (Å²) in [4.78, 5) is 2.58. The Hall–Kier alpha value is -0.120. The summed E-state index contributed by atoms with van der Waals surface area (Å²) >= 11 is 0. The molecule has 94 valence electrons. The summed E-state index contributed by atoms with van der Waals surface area (Å²) in [6.07, 6.45) is 2.59. The third-order valence-corrected chi connectivity index (χ3v) is 4.13. The highest BCUT2D eigenvalue weighted by Crippen LogP contribution is 2.32. The van der Waals surface area contributed by atoms with Crippen molar-refractivity contribution in [1.82, 2.24) is 10.2 Å². The summed E-state index contributed by atoms with van der Waals surface area (Å²) in [6.45, 7) is 12.3. The van der Waals surface area contributed by atoms with Crippen LogP contribution in [0.25, 0.3) is 0 Å². The Bertz CT molecular complexity index is 244. The van der Waals surface area contributed by atoms with Gasteiger partial charge in [-0.3, -0.25) is 5.32 Å². The van der Waals surface area contributed by atoms with Crippen molar-refractivity contribution >= 4 is 0 Å². The average Bonchev–Trinajstić information content (AvgIpc) is 2.60. The van der Waals surface area contributed by atoms with E-state index in [1.165, 1.54) is 25.9 Å². The van der Waals surface area contributed by atoms with Crippen molar-refractivity contribution in [3.05, 3.63) is 0 Å². The minimum atomic E-state index is -0.0903. The van der Waals surface area contributed by atoms with Crippen molar-refractivity contribution in [2.24, 2.45) is 5.92 Å². The Labute approximate surface area is 99.5 Å². The molecule has 0 aromatic heterocycles. The lowest BCUT2D eigenvalue weighted by Crippen LogP contribution is -2.54. The van der Waals surface area contributed by atoms with Gasteiger partial charge < -0.3 is 9.64 Å². The normalized spacial score (nSPS) is 41.8. The minimum Gasteiger partial charge on any atom is -0.359 e. The monoisotopic (exact) mass is 226 g/mol. The van der Waals surface area contributed by atoms with Crippen LogP contribution >= 0.6 is 0 Å². The molecular weight excluding hydrogens is 200 g/mol. The Morgan fingerprint density at radius 2 is 2.19 bits per heavy atom. The molecule has 3 atom stereocenters. The Balaban J connectivity index is 1.98. The molecule has 0 radical (unpaired) electrons. The Morgan fingerprint density at radius 3 is 2.75 bits per heavy atom. The molecule has 0 saturated carbocycles. The largest absolute Gasteiger partial charge is 0.359 e. The van der Waals surface area contributed by atoms with Crippen LogP contribution in [0.3, 0.4) is 0 Å². The molecule has 1 N–H and O–H groups in total. The zero-order valence-electron chi connectivity index (χ0n) is 11.1. The average molecular weight is 226 g/mol. The van der Waals surface area contributed by atoms with Gasteiger partial charge in [0.25, 0.3) is 0 Å². The highest BCUT2D eigenvalue weighted by Gasteiger charge is 2.42. The van der Waals surface area contributed by atoms with Crippen molar-refractivity contribution < 1.29 is 4.74 Å². The van der Waals surface area contributed by atoms with E-state index in [2.05, 4.69) is 37.9 Å². The van der Waals surface area contributed by atoms with Gasteiger partial charge in [-0.05, 0) is 47.1 Å². The van der Waals surface area contributed by atoms with Gasteiger partial charge in [-0.15, -0.1) is 0 Å². The molecular formula is C13H26N2O. The molecule has 2 aliphatic rings. The van der Waals surface area contributed by atoms with Crippen LogP contribution in [0.5, 0.6) is 0 Å². The van der Waals surface area contributed by atoms with Crippen LogP contribution in [0, 0.1) is 5.92 Å². The van der Waals surface area contributed by atoms with E-state index in [0.717, 1.165) is 6.61 Å². The van der Waals surface area contributed by atoms with E-state index in [1.54, 1.807) is 0 Å². The predicted molar refractivity (Wildman–Crippen MR) is 66.4 cm³/mol. The fourth-order valence-electron chi connectivity index (χ4n) is 3.03. The van der Waals surface area contributed by atoms with Crippen LogP contribution in [0.2, 0.25) is 0 Å². The highest BCUT2D eigenvalue weighted by molar-refractivity contribution is 4.92. The van der Waals surface area contributed by atoms with Crippen LogP contribution in [-0.2, 0) is 4.74 Å². The van der Waals surface area contributed by atoms with Gasteiger partial charge in [-0.25, -0.2) is 0 Å². The molecule has 3 unspecified atom stereocenters. The summed E-state index contributed by atoms with van der Waals surface area (Å²) in [5, 5.41) is 3.61. The first-order valence-corrected chi connectivity index (χ1v) is 6.67. The third-order valence-electron chi connectivity index (χ3n) is 4.13. The maximum absolute atomic E-state index is 5.98. The van der Waals surface area contributed by atoms with Gasteiger partial charge in [0.2, 0.25) is 0 Å². The zero-order chi connectivity index (χ0) is 11.8. The van der Waals surface area contributed by atoms with E-state index in [-0.39, 0.29) is 5.72 Å². The highest BCUT2D eigenvalue weighted by atomic mass is 16.5. The van der Waals surface area contributed by atoms with Gasteiger partial charge >= 0.3 is 0 Å². The van der Waals surface area contributed by atoms with Crippen molar-refractivity contribution in [3.8, 4) is 0 Å². The number of nitrogens with one attached hydrogen (secondary N) is 1. The van der Waals surface area contributed by atoms with Gasteiger partial charge in [0.05, 0.1) is 6.61 Å². The first-order valence-electron chi connectivity index (χ1n) is 6.67. The molecule has 0 spiro atoms. The van der Waals surface area contributed by atoms with Crippen molar-refractivity contribution in [2.45, 2.75) is 58.3 Å². The lowest BCUT2D eigenvalue weighted by molar-refractivity contribution is -0.0693. The molecule has 0 amide bonds. The lowest BCUT2D eigenvalue weighted by Gasteiger charge is -2.42. The molecule has 16 heavy (non-hydrogen) atoms. The summed E-state index contributed by atoms with van der Waals surface area (Å²) in [5.74, 6) is 0.633. The standard InChI is InChI=1S/C13H26N2O/c1-10(2)15-7-5-6-12(8-15)13(4)14-11(3)9-16-13/h10-12,14H,5-9H2,1-4H3. The summed E-state index contributed by atoms with van der Waals surface area (Å²) in [6, 6.07) is 1.16. The molecule has 0 bridgehead atoms. The number of nitrogens with zero attached hydrogens (tertiary/aromatic N) is 1. The molecule has 2 rings (SSSR count). The van der Waals surface area contributed by atoms with Gasteiger partial charge in [-0.2, -0.15) is 0 Å². The lowest BCUT2D eigenvalue weighted by atomic mass is 9.88. The second kappa shape index (κ2) is 4.63. The second-order valence-electron chi connectivity index (χ2n) is 5.89. The number of ether oxygens (including phenoxy) is 1. The van der Waals surface area contributed by atoms with Crippen molar-refractivity contribution in [3.63, 3.8) is 0 Å². The molecule has 0 aliphatic carbocycles. The van der Waals surface area contributed by atoms with E-state index in [1.807, 2.05) is 0 Å². The number of rotatable bonds is 2. The number of hydrogen-bond donors (Lipinski definition) is 1. The smallest absolute Gasteiger partial charge is 0.120 e. The van der Waals surface area contributed by atoms with Gasteiger partial charge in [-0.1, -0.05) is 0 Å². The molecule has 2 fully saturated rings. The topological polar surface area (TPSA) is 24.5 Å². The van der Waals surface area contributed by atoms with E-state index in [4.69, 9.17) is 4.74 Å².